The molecule has 1 saturated carbocycles. The smallest absolute Gasteiger partial charge is 0.339 e. The van der Waals surface area contributed by atoms with Gasteiger partial charge in [-0.15, -0.1) is 0 Å². The van der Waals surface area contributed by atoms with Gasteiger partial charge in [-0.3, -0.25) is 0 Å². The topological polar surface area (TPSA) is 81.8 Å². The summed E-state index contributed by atoms with van der Waals surface area (Å²) in [5, 5.41) is 9.11. The first kappa shape index (κ1) is 11.7. The summed E-state index contributed by atoms with van der Waals surface area (Å²) in [5.74, 6) is -0.177. The van der Waals surface area contributed by atoms with Gasteiger partial charge in [0.25, 0.3) is 0 Å². The monoisotopic (exact) mass is 237 g/mol. The number of methoxy groups -OCH3 is 2. The van der Waals surface area contributed by atoms with Crippen LogP contribution in [0.4, 0.5) is 0 Å². The van der Waals surface area contributed by atoms with E-state index in [2.05, 4.69) is 0 Å². The van der Waals surface area contributed by atoms with Crippen LogP contribution in [0, 0.1) is 0 Å². The molecule has 2 rings (SSSR count). The van der Waals surface area contributed by atoms with Gasteiger partial charge in [-0.25, -0.2) is 4.79 Å². The molecule has 0 saturated heterocycles. The number of carboxylic acids is 1. The summed E-state index contributed by atoms with van der Waals surface area (Å²) in [6.07, 6.45) is 1.68. The maximum absolute atomic E-state index is 11.1. The maximum atomic E-state index is 11.1. The molecule has 5 heteroatoms. The van der Waals surface area contributed by atoms with Crippen LogP contribution in [0.15, 0.2) is 12.1 Å². The van der Waals surface area contributed by atoms with Crippen molar-refractivity contribution in [2.24, 2.45) is 5.73 Å². The minimum atomic E-state index is -1.03. The van der Waals surface area contributed by atoms with Crippen molar-refractivity contribution in [2.75, 3.05) is 14.2 Å². The van der Waals surface area contributed by atoms with Gasteiger partial charge in [0.1, 0.15) is 17.1 Å². The van der Waals surface area contributed by atoms with Crippen LogP contribution in [-0.4, -0.2) is 25.3 Å². The largest absolute Gasteiger partial charge is 0.496 e. The van der Waals surface area contributed by atoms with Gasteiger partial charge >= 0.3 is 5.97 Å². The van der Waals surface area contributed by atoms with Gasteiger partial charge in [-0.05, 0) is 18.9 Å². The molecule has 0 amide bonds. The summed E-state index contributed by atoms with van der Waals surface area (Å²) in [6.45, 7) is 0. The number of benzene rings is 1. The molecule has 5 nitrogen and oxygen atoms in total. The van der Waals surface area contributed by atoms with Crippen molar-refractivity contribution in [3.8, 4) is 11.5 Å². The minimum Gasteiger partial charge on any atom is -0.496 e. The van der Waals surface area contributed by atoms with Crippen molar-refractivity contribution in [2.45, 2.75) is 18.4 Å². The number of hydrogen-bond donors (Lipinski definition) is 2. The van der Waals surface area contributed by atoms with Gasteiger partial charge in [-0.1, -0.05) is 0 Å². The Balaban J connectivity index is 2.58. The normalized spacial score (nSPS) is 16.4. The fourth-order valence-corrected chi connectivity index (χ4v) is 1.86. The summed E-state index contributed by atoms with van der Waals surface area (Å²) >= 11 is 0. The zero-order valence-electron chi connectivity index (χ0n) is 9.82. The van der Waals surface area contributed by atoms with Crippen molar-refractivity contribution >= 4 is 5.97 Å². The highest BCUT2D eigenvalue weighted by Crippen LogP contribution is 2.48. The molecular weight excluding hydrogens is 222 g/mol. The maximum Gasteiger partial charge on any atom is 0.339 e. The van der Waals surface area contributed by atoms with E-state index in [9.17, 15) is 4.79 Å². The molecule has 0 bridgehead atoms. The van der Waals surface area contributed by atoms with Crippen molar-refractivity contribution in [3.63, 3.8) is 0 Å². The Morgan fingerprint density at radius 3 is 2.29 bits per heavy atom. The van der Waals surface area contributed by atoms with Crippen LogP contribution >= 0.6 is 0 Å². The van der Waals surface area contributed by atoms with E-state index < -0.39 is 11.5 Å². The molecule has 0 aromatic heterocycles. The van der Waals surface area contributed by atoms with E-state index in [0.717, 1.165) is 18.4 Å². The van der Waals surface area contributed by atoms with E-state index in [0.29, 0.717) is 5.75 Å². The van der Waals surface area contributed by atoms with Crippen molar-refractivity contribution in [1.82, 2.24) is 0 Å². The summed E-state index contributed by atoms with van der Waals surface area (Å²) in [7, 11) is 2.96. The van der Waals surface area contributed by atoms with Crippen LogP contribution in [0.5, 0.6) is 11.5 Å². The first-order valence-corrected chi connectivity index (χ1v) is 5.30. The number of carboxylic acid groups (broad SMARTS) is 1. The molecule has 0 aliphatic heterocycles. The third-order valence-corrected chi connectivity index (χ3v) is 3.08. The number of ether oxygens (including phenoxy) is 2. The average molecular weight is 237 g/mol. The second kappa shape index (κ2) is 3.92. The van der Waals surface area contributed by atoms with Crippen LogP contribution in [0.25, 0.3) is 0 Å². The second-order valence-electron chi connectivity index (χ2n) is 4.21. The first-order valence-electron chi connectivity index (χ1n) is 5.30. The lowest BCUT2D eigenvalue weighted by molar-refractivity contribution is 0.0693. The van der Waals surface area contributed by atoms with Crippen LogP contribution in [0.3, 0.4) is 0 Å². The van der Waals surface area contributed by atoms with Gasteiger partial charge in [0.2, 0.25) is 0 Å². The Kier molecular flexibility index (Phi) is 2.71. The van der Waals surface area contributed by atoms with E-state index in [-0.39, 0.29) is 11.3 Å². The van der Waals surface area contributed by atoms with Crippen LogP contribution in [0.2, 0.25) is 0 Å². The SMILES string of the molecule is COc1cc(OC)c(C2(N)CC2)cc1C(=O)O. The van der Waals surface area contributed by atoms with Crippen molar-refractivity contribution in [3.05, 3.63) is 23.3 Å². The molecule has 1 fully saturated rings. The summed E-state index contributed by atoms with van der Waals surface area (Å²) < 4.78 is 10.3. The molecule has 1 aromatic carbocycles. The Morgan fingerprint density at radius 2 is 1.88 bits per heavy atom. The van der Waals surface area contributed by atoms with Gasteiger partial charge < -0.3 is 20.3 Å². The Labute approximate surface area is 99.1 Å². The summed E-state index contributed by atoms with van der Waals surface area (Å²) in [6, 6.07) is 3.12. The first-order chi connectivity index (χ1) is 8.01. The van der Waals surface area contributed by atoms with Crippen molar-refractivity contribution in [1.29, 1.82) is 0 Å². The third kappa shape index (κ3) is 1.93. The molecule has 92 valence electrons. The quantitative estimate of drug-likeness (QED) is 0.826. The zero-order valence-corrected chi connectivity index (χ0v) is 9.82. The van der Waals surface area contributed by atoms with Crippen LogP contribution < -0.4 is 15.2 Å². The van der Waals surface area contributed by atoms with Gasteiger partial charge in [0.15, 0.2) is 0 Å². The molecular formula is C12H15NO4. The molecule has 3 N–H and O–H groups in total. The Morgan fingerprint density at radius 1 is 1.29 bits per heavy atom. The lowest BCUT2D eigenvalue weighted by atomic mass is 10.0. The third-order valence-electron chi connectivity index (χ3n) is 3.08. The van der Waals surface area contributed by atoms with E-state index in [1.165, 1.54) is 14.2 Å². The van der Waals surface area contributed by atoms with Gasteiger partial charge in [0, 0.05) is 17.2 Å². The molecule has 0 unspecified atom stereocenters. The lowest BCUT2D eigenvalue weighted by Crippen LogP contribution is -2.20. The highest BCUT2D eigenvalue weighted by atomic mass is 16.5. The fourth-order valence-electron chi connectivity index (χ4n) is 1.86. The molecule has 0 spiro atoms. The zero-order chi connectivity index (χ0) is 12.6. The lowest BCUT2D eigenvalue weighted by Gasteiger charge is -2.17. The van der Waals surface area contributed by atoms with Crippen molar-refractivity contribution < 1.29 is 19.4 Å². The summed E-state index contributed by atoms with van der Waals surface area (Å²) in [5.41, 5.74) is 6.49. The van der Waals surface area contributed by atoms with E-state index >= 15 is 0 Å². The van der Waals surface area contributed by atoms with E-state index in [1.54, 1.807) is 12.1 Å². The molecule has 0 radical (unpaired) electrons. The minimum absolute atomic E-state index is 0.111. The molecule has 17 heavy (non-hydrogen) atoms. The molecule has 1 aliphatic rings. The highest BCUT2D eigenvalue weighted by Gasteiger charge is 2.43. The number of hydrogen-bond acceptors (Lipinski definition) is 4. The molecule has 1 aromatic rings. The van der Waals surface area contributed by atoms with E-state index in [4.69, 9.17) is 20.3 Å². The van der Waals surface area contributed by atoms with E-state index in [1.807, 2.05) is 0 Å². The fraction of sp³-hybridized carbons (Fsp3) is 0.417. The molecule has 1 aliphatic carbocycles. The second-order valence-corrected chi connectivity index (χ2v) is 4.21. The standard InChI is InChI=1S/C12H15NO4/c1-16-9-6-10(17-2)8(12(13)3-4-12)5-7(9)11(14)15/h5-6H,3-4,13H2,1-2H3,(H,14,15). The number of rotatable bonds is 4. The Bertz CT molecular complexity index is 466. The molecule has 0 heterocycles. The van der Waals surface area contributed by atoms with Crippen LogP contribution in [0.1, 0.15) is 28.8 Å². The number of nitrogens with two attached hydrogens (primary N) is 1. The van der Waals surface area contributed by atoms with Gasteiger partial charge in [0.05, 0.1) is 14.2 Å². The van der Waals surface area contributed by atoms with Gasteiger partial charge in [-0.2, -0.15) is 0 Å². The summed E-state index contributed by atoms with van der Waals surface area (Å²) in [4.78, 5) is 11.1. The average Bonchev–Trinajstić information content (AvgIpc) is 3.06. The predicted molar refractivity (Wildman–Crippen MR) is 61.6 cm³/mol. The Hall–Kier alpha value is -1.75. The molecule has 0 atom stereocenters. The number of carbonyl (C=O) groups is 1. The number of aromatic carboxylic acids is 1. The predicted octanol–water partition coefficient (Wildman–Crippen LogP) is 1.35. The highest BCUT2D eigenvalue weighted by molar-refractivity contribution is 5.91. The van der Waals surface area contributed by atoms with Crippen LogP contribution in [-0.2, 0) is 5.54 Å².